The standard InChI is InChI=1S/C27H33N3O5/c1-5-34-26(32)23-24(19-10-12-20(13-11-19)35-16-14-18(2)3)30-22-9-7-6-8-21(22)28-27(30)29(25(23)31)15-17-33-4/h6-13,18,23-24H,5,14-17H2,1-4H3/t23-,24+/m0/s1. The van der Waals surface area contributed by atoms with Crippen LogP contribution in [0.2, 0.25) is 0 Å². The van der Waals surface area contributed by atoms with Gasteiger partial charge in [0.05, 0.1) is 43.4 Å². The van der Waals surface area contributed by atoms with E-state index in [0.717, 1.165) is 28.8 Å². The molecule has 0 radical (unpaired) electrons. The van der Waals surface area contributed by atoms with Crippen molar-refractivity contribution in [3.05, 3.63) is 54.1 Å². The summed E-state index contributed by atoms with van der Waals surface area (Å²) >= 11 is 0. The molecule has 0 unspecified atom stereocenters. The number of hydrogen-bond donors (Lipinski definition) is 0. The lowest BCUT2D eigenvalue weighted by Gasteiger charge is -2.37. The van der Waals surface area contributed by atoms with Crippen molar-refractivity contribution in [2.75, 3.05) is 38.4 Å². The lowest BCUT2D eigenvalue weighted by Crippen LogP contribution is -2.51. The summed E-state index contributed by atoms with van der Waals surface area (Å²) in [5.41, 5.74) is 2.40. The number of rotatable bonds is 10. The van der Waals surface area contributed by atoms with Gasteiger partial charge in [0.2, 0.25) is 11.9 Å². The molecule has 0 fully saturated rings. The zero-order chi connectivity index (χ0) is 24.9. The van der Waals surface area contributed by atoms with Gasteiger partial charge in [-0.1, -0.05) is 38.1 Å². The van der Waals surface area contributed by atoms with Crippen LogP contribution >= 0.6 is 0 Å². The molecule has 2 atom stereocenters. The van der Waals surface area contributed by atoms with Crippen molar-refractivity contribution in [3.63, 3.8) is 0 Å². The Balaban J connectivity index is 1.81. The second kappa shape index (κ2) is 10.9. The number of fused-ring (bicyclic) bond motifs is 3. The Bertz CT molecular complexity index is 1170. The van der Waals surface area contributed by atoms with Crippen molar-refractivity contribution < 1.29 is 23.8 Å². The van der Waals surface area contributed by atoms with Crippen LogP contribution in [0.25, 0.3) is 11.0 Å². The molecule has 4 rings (SSSR count). The number of anilines is 1. The van der Waals surface area contributed by atoms with E-state index in [0.29, 0.717) is 25.1 Å². The average Bonchev–Trinajstić information content (AvgIpc) is 3.22. The topological polar surface area (TPSA) is 82.9 Å². The Hall–Kier alpha value is -3.39. The van der Waals surface area contributed by atoms with Crippen molar-refractivity contribution in [2.45, 2.75) is 33.2 Å². The van der Waals surface area contributed by atoms with Crippen LogP contribution in [0.4, 0.5) is 5.95 Å². The van der Waals surface area contributed by atoms with Crippen LogP contribution in [-0.4, -0.2) is 54.9 Å². The highest BCUT2D eigenvalue weighted by Crippen LogP contribution is 2.41. The molecule has 1 aliphatic rings. The molecule has 0 saturated carbocycles. The minimum Gasteiger partial charge on any atom is -0.494 e. The van der Waals surface area contributed by atoms with Gasteiger partial charge in [0, 0.05) is 7.11 Å². The van der Waals surface area contributed by atoms with Gasteiger partial charge < -0.3 is 18.8 Å². The molecule has 1 aromatic heterocycles. The summed E-state index contributed by atoms with van der Waals surface area (Å²) in [6.07, 6.45) is 0.964. The Labute approximate surface area is 205 Å². The minimum atomic E-state index is -1.05. The Morgan fingerprint density at radius 3 is 2.51 bits per heavy atom. The molecule has 3 aromatic rings. The highest BCUT2D eigenvalue weighted by molar-refractivity contribution is 6.08. The summed E-state index contributed by atoms with van der Waals surface area (Å²) in [4.78, 5) is 33.2. The maximum atomic E-state index is 13.7. The van der Waals surface area contributed by atoms with Gasteiger partial charge in [0.15, 0.2) is 5.92 Å². The van der Waals surface area contributed by atoms with E-state index < -0.39 is 17.9 Å². The van der Waals surface area contributed by atoms with E-state index in [1.165, 1.54) is 4.90 Å². The number of para-hydroxylation sites is 2. The monoisotopic (exact) mass is 479 g/mol. The molecule has 0 saturated heterocycles. The first-order valence-electron chi connectivity index (χ1n) is 12.1. The second-order valence-corrected chi connectivity index (χ2v) is 9.03. The summed E-state index contributed by atoms with van der Waals surface area (Å²) in [6, 6.07) is 14.7. The number of ether oxygens (including phenoxy) is 3. The normalized spacial score (nSPS) is 17.6. The average molecular weight is 480 g/mol. The third-order valence-electron chi connectivity index (χ3n) is 6.19. The molecule has 2 heterocycles. The third-order valence-corrected chi connectivity index (χ3v) is 6.19. The minimum absolute atomic E-state index is 0.188. The quantitative estimate of drug-likeness (QED) is 0.320. The predicted molar refractivity (Wildman–Crippen MR) is 134 cm³/mol. The van der Waals surface area contributed by atoms with Gasteiger partial charge in [-0.05, 0) is 49.1 Å². The number of esters is 1. The van der Waals surface area contributed by atoms with E-state index >= 15 is 0 Å². The summed E-state index contributed by atoms with van der Waals surface area (Å²) in [5.74, 6) is -0.139. The first-order valence-corrected chi connectivity index (χ1v) is 12.1. The fourth-order valence-electron chi connectivity index (χ4n) is 4.42. The molecule has 186 valence electrons. The van der Waals surface area contributed by atoms with Crippen LogP contribution in [-0.2, 0) is 19.1 Å². The van der Waals surface area contributed by atoms with Crippen molar-refractivity contribution in [1.82, 2.24) is 9.55 Å². The molecule has 0 bridgehead atoms. The van der Waals surface area contributed by atoms with Crippen molar-refractivity contribution in [2.24, 2.45) is 11.8 Å². The van der Waals surface area contributed by atoms with Gasteiger partial charge >= 0.3 is 5.97 Å². The number of aromatic nitrogens is 2. The molecule has 0 N–H and O–H groups in total. The van der Waals surface area contributed by atoms with Gasteiger partial charge in [-0.2, -0.15) is 0 Å². The van der Waals surface area contributed by atoms with Crippen LogP contribution in [0.5, 0.6) is 5.75 Å². The van der Waals surface area contributed by atoms with Gasteiger partial charge in [0.25, 0.3) is 0 Å². The zero-order valence-corrected chi connectivity index (χ0v) is 20.8. The fourth-order valence-corrected chi connectivity index (χ4v) is 4.42. The highest BCUT2D eigenvalue weighted by Gasteiger charge is 2.47. The number of nitrogens with zero attached hydrogens (tertiary/aromatic N) is 3. The molecule has 8 nitrogen and oxygen atoms in total. The van der Waals surface area contributed by atoms with Gasteiger partial charge in [-0.3, -0.25) is 14.5 Å². The van der Waals surface area contributed by atoms with Gasteiger partial charge in [-0.25, -0.2) is 4.98 Å². The maximum absolute atomic E-state index is 13.7. The van der Waals surface area contributed by atoms with Crippen LogP contribution in [0.1, 0.15) is 38.8 Å². The number of amides is 1. The van der Waals surface area contributed by atoms with Gasteiger partial charge in [0.1, 0.15) is 5.75 Å². The molecule has 0 spiro atoms. The first kappa shape index (κ1) is 24.7. The van der Waals surface area contributed by atoms with Crippen molar-refractivity contribution in [1.29, 1.82) is 0 Å². The van der Waals surface area contributed by atoms with Crippen LogP contribution < -0.4 is 9.64 Å². The number of carbonyl (C=O) groups excluding carboxylic acids is 2. The largest absolute Gasteiger partial charge is 0.494 e. The summed E-state index contributed by atoms with van der Waals surface area (Å²) in [5, 5.41) is 0. The smallest absolute Gasteiger partial charge is 0.321 e. The second-order valence-electron chi connectivity index (χ2n) is 9.03. The summed E-state index contributed by atoms with van der Waals surface area (Å²) in [7, 11) is 1.58. The van der Waals surface area contributed by atoms with Crippen molar-refractivity contribution in [3.8, 4) is 5.75 Å². The Morgan fingerprint density at radius 1 is 1.09 bits per heavy atom. The Kier molecular flexibility index (Phi) is 7.70. The van der Waals surface area contributed by atoms with E-state index in [1.807, 2.05) is 53.1 Å². The highest BCUT2D eigenvalue weighted by atomic mass is 16.5. The molecule has 2 aromatic carbocycles. The molecule has 0 aliphatic carbocycles. The molecular formula is C27H33N3O5. The number of benzene rings is 2. The SMILES string of the molecule is CCOC(=O)[C@@H]1C(=O)N(CCOC)c2nc3ccccc3n2[C@@H]1c1ccc(OCCC(C)C)cc1. The molecular weight excluding hydrogens is 446 g/mol. The number of hydrogen-bond acceptors (Lipinski definition) is 6. The first-order chi connectivity index (χ1) is 17.0. The molecule has 8 heteroatoms. The Morgan fingerprint density at radius 2 is 1.83 bits per heavy atom. The number of imidazole rings is 1. The lowest BCUT2D eigenvalue weighted by atomic mass is 9.89. The zero-order valence-electron chi connectivity index (χ0n) is 20.8. The third kappa shape index (κ3) is 5.03. The maximum Gasteiger partial charge on any atom is 0.321 e. The van der Waals surface area contributed by atoms with Crippen molar-refractivity contribution >= 4 is 28.9 Å². The number of carbonyl (C=O) groups is 2. The van der Waals surface area contributed by atoms with Gasteiger partial charge in [-0.15, -0.1) is 0 Å². The van der Waals surface area contributed by atoms with Crippen LogP contribution in [0, 0.1) is 11.8 Å². The van der Waals surface area contributed by atoms with E-state index in [2.05, 4.69) is 13.8 Å². The number of methoxy groups -OCH3 is 1. The summed E-state index contributed by atoms with van der Waals surface area (Å²) < 4.78 is 18.5. The van der Waals surface area contributed by atoms with E-state index in [9.17, 15) is 9.59 Å². The van der Waals surface area contributed by atoms with E-state index in [4.69, 9.17) is 19.2 Å². The van der Waals surface area contributed by atoms with Crippen LogP contribution in [0.15, 0.2) is 48.5 Å². The predicted octanol–water partition coefficient (Wildman–Crippen LogP) is 4.22. The summed E-state index contributed by atoms with van der Waals surface area (Å²) in [6.45, 7) is 7.48. The van der Waals surface area contributed by atoms with Crippen LogP contribution in [0.3, 0.4) is 0 Å². The van der Waals surface area contributed by atoms with E-state index in [1.54, 1.807) is 14.0 Å². The fraction of sp³-hybridized carbons (Fsp3) is 0.444. The molecule has 1 amide bonds. The molecule has 1 aliphatic heterocycles. The molecule has 35 heavy (non-hydrogen) atoms. The lowest BCUT2D eigenvalue weighted by molar-refractivity contribution is -0.153. The van der Waals surface area contributed by atoms with E-state index in [-0.39, 0.29) is 19.1 Å².